The van der Waals surface area contributed by atoms with Crippen molar-refractivity contribution in [3.63, 3.8) is 0 Å². The summed E-state index contributed by atoms with van der Waals surface area (Å²) in [5.74, 6) is 0.745. The summed E-state index contributed by atoms with van der Waals surface area (Å²) >= 11 is 0. The Morgan fingerprint density at radius 2 is 1.67 bits per heavy atom. The van der Waals surface area contributed by atoms with Gasteiger partial charge in [0.2, 0.25) is 0 Å². The van der Waals surface area contributed by atoms with E-state index in [1.807, 2.05) is 61.5 Å². The van der Waals surface area contributed by atoms with Crippen molar-refractivity contribution in [1.29, 1.82) is 0 Å². The lowest BCUT2D eigenvalue weighted by Gasteiger charge is -2.21. The Balaban J connectivity index is 0.00000220. The molecule has 0 fully saturated rings. The van der Waals surface area contributed by atoms with E-state index in [0.29, 0.717) is 13.0 Å². The van der Waals surface area contributed by atoms with Crippen molar-refractivity contribution in [2.45, 2.75) is 25.5 Å². The largest absolute Gasteiger partial charge is 0.494 e. The van der Waals surface area contributed by atoms with Gasteiger partial charge in [0.05, 0.1) is 18.8 Å². The Kier molecular flexibility index (Phi) is 7.23. The van der Waals surface area contributed by atoms with Crippen LogP contribution >= 0.6 is 12.4 Å². The molecule has 0 aliphatic heterocycles. The van der Waals surface area contributed by atoms with Crippen LogP contribution < -0.4 is 10.5 Å². The Bertz CT molecular complexity index is 533. The molecule has 0 amide bonds. The third-order valence-electron chi connectivity index (χ3n) is 3.28. The second-order valence-electron chi connectivity index (χ2n) is 4.75. The minimum atomic E-state index is -0.640. The fourth-order valence-corrected chi connectivity index (χ4v) is 2.23. The molecule has 0 radical (unpaired) electrons. The minimum absolute atomic E-state index is 0. The van der Waals surface area contributed by atoms with E-state index in [1.54, 1.807) is 0 Å². The van der Waals surface area contributed by atoms with Crippen molar-refractivity contribution in [3.05, 3.63) is 65.7 Å². The second kappa shape index (κ2) is 8.67. The molecular weight excluding hydrogens is 286 g/mol. The molecule has 114 valence electrons. The number of halogens is 1. The summed E-state index contributed by atoms with van der Waals surface area (Å²) in [5.41, 5.74) is 8.11. The summed E-state index contributed by atoms with van der Waals surface area (Å²) in [7, 11) is 0. The molecule has 2 aromatic rings. The maximum absolute atomic E-state index is 10.3. The standard InChI is InChI=1S/C17H21NO2.ClH/c1-2-20-16-11-7-6-10-14(16)17(18)15(19)12-13-8-4-3-5-9-13;/h3-11,15,17,19H,2,12,18H2,1H3;1H/t15-,17+;/m1./s1. The normalized spacial score (nSPS) is 13.1. The number of hydrogen-bond donors (Lipinski definition) is 2. The first-order valence-corrected chi connectivity index (χ1v) is 6.91. The van der Waals surface area contributed by atoms with Crippen LogP contribution in [0.2, 0.25) is 0 Å². The molecule has 2 atom stereocenters. The van der Waals surface area contributed by atoms with Crippen molar-refractivity contribution in [3.8, 4) is 5.75 Å². The first kappa shape index (κ1) is 17.5. The molecule has 21 heavy (non-hydrogen) atoms. The highest BCUT2D eigenvalue weighted by atomic mass is 35.5. The predicted molar refractivity (Wildman–Crippen MR) is 87.9 cm³/mol. The highest BCUT2D eigenvalue weighted by Crippen LogP contribution is 2.26. The second-order valence-corrected chi connectivity index (χ2v) is 4.75. The highest BCUT2D eigenvalue weighted by Gasteiger charge is 2.20. The number of rotatable bonds is 6. The van der Waals surface area contributed by atoms with Crippen LogP contribution in [0.15, 0.2) is 54.6 Å². The molecule has 0 bridgehead atoms. The molecule has 0 saturated carbocycles. The van der Waals surface area contributed by atoms with Gasteiger partial charge in [-0.1, -0.05) is 48.5 Å². The molecule has 0 aliphatic carbocycles. The van der Waals surface area contributed by atoms with E-state index in [1.165, 1.54) is 0 Å². The number of ether oxygens (including phenoxy) is 1. The predicted octanol–water partition coefficient (Wildman–Crippen LogP) is 3.11. The summed E-state index contributed by atoms with van der Waals surface area (Å²) in [4.78, 5) is 0. The van der Waals surface area contributed by atoms with Gasteiger partial charge in [0, 0.05) is 12.0 Å². The summed E-state index contributed by atoms with van der Waals surface area (Å²) in [6.07, 6.45) is -0.110. The van der Waals surface area contributed by atoms with Crippen LogP contribution in [0.4, 0.5) is 0 Å². The van der Waals surface area contributed by atoms with E-state index < -0.39 is 12.1 Å². The molecule has 0 spiro atoms. The summed E-state index contributed by atoms with van der Waals surface area (Å²) < 4.78 is 5.57. The zero-order chi connectivity index (χ0) is 14.4. The summed E-state index contributed by atoms with van der Waals surface area (Å²) in [6.45, 7) is 2.52. The fourth-order valence-electron chi connectivity index (χ4n) is 2.23. The molecule has 0 saturated heterocycles. The van der Waals surface area contributed by atoms with Gasteiger partial charge in [0.15, 0.2) is 0 Å². The van der Waals surface area contributed by atoms with Crippen molar-refractivity contribution in [1.82, 2.24) is 0 Å². The zero-order valence-corrected chi connectivity index (χ0v) is 12.9. The SMILES string of the molecule is CCOc1ccccc1[C@H](N)[C@H](O)Cc1ccccc1.Cl. The number of para-hydroxylation sites is 1. The number of aliphatic hydroxyl groups is 1. The Hall–Kier alpha value is -1.55. The number of aliphatic hydroxyl groups excluding tert-OH is 1. The molecule has 0 aromatic heterocycles. The van der Waals surface area contributed by atoms with E-state index in [2.05, 4.69) is 0 Å². The smallest absolute Gasteiger partial charge is 0.124 e. The maximum Gasteiger partial charge on any atom is 0.124 e. The number of nitrogens with two attached hydrogens (primary N) is 1. The van der Waals surface area contributed by atoms with Gasteiger partial charge in [-0.15, -0.1) is 12.4 Å². The molecule has 2 rings (SSSR count). The molecule has 4 heteroatoms. The minimum Gasteiger partial charge on any atom is -0.494 e. The molecule has 0 aliphatic rings. The monoisotopic (exact) mass is 307 g/mol. The lowest BCUT2D eigenvalue weighted by molar-refractivity contribution is 0.143. The Morgan fingerprint density at radius 3 is 2.33 bits per heavy atom. The van der Waals surface area contributed by atoms with Gasteiger partial charge >= 0.3 is 0 Å². The van der Waals surface area contributed by atoms with E-state index in [4.69, 9.17) is 10.5 Å². The van der Waals surface area contributed by atoms with E-state index in [9.17, 15) is 5.11 Å². The Labute approximate surface area is 132 Å². The lowest BCUT2D eigenvalue weighted by atomic mass is 9.96. The van der Waals surface area contributed by atoms with Crippen LogP contribution in [0.3, 0.4) is 0 Å². The zero-order valence-electron chi connectivity index (χ0n) is 12.1. The summed E-state index contributed by atoms with van der Waals surface area (Å²) in [5, 5.41) is 10.3. The molecule has 2 aromatic carbocycles. The lowest BCUT2D eigenvalue weighted by Crippen LogP contribution is -2.28. The average molecular weight is 308 g/mol. The number of hydrogen-bond acceptors (Lipinski definition) is 3. The van der Waals surface area contributed by atoms with Gasteiger partial charge in [0.1, 0.15) is 5.75 Å². The van der Waals surface area contributed by atoms with Crippen LogP contribution in [0.1, 0.15) is 24.1 Å². The van der Waals surface area contributed by atoms with Crippen molar-refractivity contribution in [2.75, 3.05) is 6.61 Å². The van der Waals surface area contributed by atoms with Gasteiger partial charge < -0.3 is 15.6 Å². The van der Waals surface area contributed by atoms with E-state index in [0.717, 1.165) is 16.9 Å². The maximum atomic E-state index is 10.3. The van der Waals surface area contributed by atoms with Crippen LogP contribution in [-0.4, -0.2) is 17.8 Å². The third-order valence-corrected chi connectivity index (χ3v) is 3.28. The fraction of sp³-hybridized carbons (Fsp3) is 0.294. The molecule has 0 heterocycles. The van der Waals surface area contributed by atoms with Crippen LogP contribution in [0.25, 0.3) is 0 Å². The summed E-state index contributed by atoms with van der Waals surface area (Å²) in [6, 6.07) is 17.0. The van der Waals surface area contributed by atoms with Gasteiger partial charge in [-0.25, -0.2) is 0 Å². The Morgan fingerprint density at radius 1 is 1.05 bits per heavy atom. The number of benzene rings is 2. The van der Waals surface area contributed by atoms with Gasteiger partial charge in [-0.2, -0.15) is 0 Å². The quantitative estimate of drug-likeness (QED) is 0.862. The van der Waals surface area contributed by atoms with E-state index >= 15 is 0 Å². The van der Waals surface area contributed by atoms with Gasteiger partial charge in [-0.3, -0.25) is 0 Å². The topological polar surface area (TPSA) is 55.5 Å². The van der Waals surface area contributed by atoms with Crippen LogP contribution in [0.5, 0.6) is 5.75 Å². The van der Waals surface area contributed by atoms with Crippen LogP contribution in [0, 0.1) is 0 Å². The van der Waals surface area contributed by atoms with Gasteiger partial charge in [0.25, 0.3) is 0 Å². The van der Waals surface area contributed by atoms with Crippen molar-refractivity contribution < 1.29 is 9.84 Å². The average Bonchev–Trinajstić information content (AvgIpc) is 2.48. The molecule has 0 unspecified atom stereocenters. The van der Waals surface area contributed by atoms with E-state index in [-0.39, 0.29) is 12.4 Å². The molecule has 3 nitrogen and oxygen atoms in total. The molecular formula is C17H22ClNO2. The van der Waals surface area contributed by atoms with Crippen molar-refractivity contribution >= 4 is 12.4 Å². The first-order valence-electron chi connectivity index (χ1n) is 6.91. The molecule has 3 N–H and O–H groups in total. The van der Waals surface area contributed by atoms with Crippen molar-refractivity contribution in [2.24, 2.45) is 5.73 Å². The first-order chi connectivity index (χ1) is 9.72. The van der Waals surface area contributed by atoms with Crippen LogP contribution in [-0.2, 0) is 6.42 Å². The highest BCUT2D eigenvalue weighted by molar-refractivity contribution is 5.85. The van der Waals surface area contributed by atoms with Gasteiger partial charge in [-0.05, 0) is 18.6 Å². The third kappa shape index (κ3) is 4.74.